The van der Waals surface area contributed by atoms with Crippen LogP contribution in [0.25, 0.3) is 0 Å². The third-order valence-corrected chi connectivity index (χ3v) is 4.13. The lowest BCUT2D eigenvalue weighted by Crippen LogP contribution is -2.25. The smallest absolute Gasteiger partial charge is 0.129 e. The summed E-state index contributed by atoms with van der Waals surface area (Å²) in [7, 11) is 0. The second-order valence-corrected chi connectivity index (χ2v) is 5.30. The van der Waals surface area contributed by atoms with Crippen LogP contribution in [-0.2, 0) is 0 Å². The van der Waals surface area contributed by atoms with Gasteiger partial charge >= 0.3 is 0 Å². The van der Waals surface area contributed by atoms with E-state index in [9.17, 15) is 0 Å². The molecule has 1 aromatic heterocycles. The van der Waals surface area contributed by atoms with Crippen molar-refractivity contribution < 1.29 is 0 Å². The summed E-state index contributed by atoms with van der Waals surface area (Å²) < 4.78 is 0.913. The molecule has 1 aliphatic rings. The number of hydrogen-bond donors (Lipinski definition) is 1. The molecule has 1 saturated heterocycles. The molecule has 14 heavy (non-hydrogen) atoms. The Balaban J connectivity index is 1.99. The van der Waals surface area contributed by atoms with Crippen LogP contribution in [0, 0.1) is 0 Å². The Hall–Kier alpha value is -0.220. The number of thioether (sulfide) groups is 1. The topological polar surface area (TPSA) is 24.9 Å². The molecule has 0 bridgehead atoms. The summed E-state index contributed by atoms with van der Waals surface area (Å²) in [6.07, 6.45) is 4.39. The summed E-state index contributed by atoms with van der Waals surface area (Å²) in [5.74, 6) is 2.52. The maximum Gasteiger partial charge on any atom is 0.129 e. The largest absolute Gasteiger partial charge is 0.379 e. The summed E-state index contributed by atoms with van der Waals surface area (Å²) in [6.45, 7) is 0. The van der Waals surface area contributed by atoms with E-state index < -0.39 is 0 Å². The van der Waals surface area contributed by atoms with E-state index in [0.29, 0.717) is 6.04 Å². The normalized spacial score (nSPS) is 21.9. The number of hydrogen-bond acceptors (Lipinski definition) is 3. The van der Waals surface area contributed by atoms with E-state index >= 15 is 0 Å². The predicted octanol–water partition coefficient (Wildman–Crippen LogP) is 3.15. The van der Waals surface area contributed by atoms with Crippen LogP contribution in [0.4, 0.5) is 5.69 Å². The highest BCUT2D eigenvalue weighted by molar-refractivity contribution is 9.10. The van der Waals surface area contributed by atoms with Gasteiger partial charge in [0.05, 0.1) is 5.69 Å². The van der Waals surface area contributed by atoms with Gasteiger partial charge in [-0.3, -0.25) is 0 Å². The predicted molar refractivity (Wildman–Crippen MR) is 65.9 cm³/mol. The molecule has 1 aliphatic heterocycles. The summed E-state index contributed by atoms with van der Waals surface area (Å²) in [4.78, 5) is 4.19. The number of aromatic nitrogens is 1. The molecule has 1 fully saturated rings. The Morgan fingerprint density at radius 2 is 2.50 bits per heavy atom. The molecule has 2 rings (SSSR count). The van der Waals surface area contributed by atoms with Crippen molar-refractivity contribution in [3.8, 4) is 0 Å². The maximum atomic E-state index is 4.19. The molecule has 0 radical (unpaired) electrons. The number of nitrogens with one attached hydrogen (secondary N) is 1. The van der Waals surface area contributed by atoms with Crippen molar-refractivity contribution in [1.29, 1.82) is 0 Å². The lowest BCUT2D eigenvalue weighted by Gasteiger charge is -2.23. The van der Waals surface area contributed by atoms with Gasteiger partial charge in [-0.05, 0) is 46.7 Å². The number of pyridine rings is 1. The summed E-state index contributed by atoms with van der Waals surface area (Å²) in [5.41, 5.74) is 1.11. The molecule has 1 unspecified atom stereocenters. The van der Waals surface area contributed by atoms with Gasteiger partial charge in [0, 0.05) is 18.0 Å². The van der Waals surface area contributed by atoms with Gasteiger partial charge in [0.25, 0.3) is 0 Å². The first-order chi connectivity index (χ1) is 6.86. The fourth-order valence-electron chi connectivity index (χ4n) is 1.57. The zero-order valence-corrected chi connectivity index (χ0v) is 10.3. The molecule has 2 heterocycles. The van der Waals surface area contributed by atoms with Gasteiger partial charge in [-0.25, -0.2) is 4.98 Å². The van der Waals surface area contributed by atoms with Gasteiger partial charge in [-0.15, -0.1) is 0 Å². The lowest BCUT2D eigenvalue weighted by atomic mass is 10.2. The van der Waals surface area contributed by atoms with E-state index in [2.05, 4.69) is 32.3 Å². The molecular formula is C10H13BrN2S. The van der Waals surface area contributed by atoms with Crippen molar-refractivity contribution in [2.24, 2.45) is 0 Å². The molecule has 0 spiro atoms. The van der Waals surface area contributed by atoms with Crippen LogP contribution in [0.2, 0.25) is 0 Å². The third kappa shape index (κ3) is 2.64. The molecule has 2 nitrogen and oxygen atoms in total. The van der Waals surface area contributed by atoms with Crippen LogP contribution in [0.5, 0.6) is 0 Å². The minimum absolute atomic E-state index is 0.606. The Kier molecular flexibility index (Phi) is 3.70. The Bertz CT molecular complexity index is 300. The van der Waals surface area contributed by atoms with Crippen LogP contribution in [0.1, 0.15) is 12.8 Å². The van der Waals surface area contributed by atoms with Crippen LogP contribution < -0.4 is 5.32 Å². The van der Waals surface area contributed by atoms with Crippen molar-refractivity contribution >= 4 is 33.4 Å². The van der Waals surface area contributed by atoms with Crippen molar-refractivity contribution in [2.45, 2.75) is 18.9 Å². The van der Waals surface area contributed by atoms with Gasteiger partial charge < -0.3 is 5.32 Å². The quantitative estimate of drug-likeness (QED) is 0.838. The van der Waals surface area contributed by atoms with Crippen molar-refractivity contribution in [3.05, 3.63) is 22.9 Å². The summed E-state index contributed by atoms with van der Waals surface area (Å²) >= 11 is 5.47. The van der Waals surface area contributed by atoms with Crippen LogP contribution in [-0.4, -0.2) is 22.5 Å². The monoisotopic (exact) mass is 272 g/mol. The van der Waals surface area contributed by atoms with Gasteiger partial charge in [0.15, 0.2) is 0 Å². The Labute approximate surface area is 97.0 Å². The zero-order valence-electron chi connectivity index (χ0n) is 7.87. The van der Waals surface area contributed by atoms with E-state index in [-0.39, 0.29) is 0 Å². The average Bonchev–Trinajstić information content (AvgIpc) is 2.23. The molecule has 1 aromatic rings. The number of anilines is 1. The van der Waals surface area contributed by atoms with Gasteiger partial charge in [0.2, 0.25) is 0 Å². The number of halogens is 1. The fraction of sp³-hybridized carbons (Fsp3) is 0.500. The summed E-state index contributed by atoms with van der Waals surface area (Å²) in [5, 5.41) is 3.52. The first kappa shape index (κ1) is 10.3. The molecule has 76 valence electrons. The van der Waals surface area contributed by atoms with E-state index in [1.807, 2.05) is 17.8 Å². The first-order valence-corrected chi connectivity index (χ1v) is 6.76. The highest BCUT2D eigenvalue weighted by atomic mass is 79.9. The SMILES string of the molecule is Brc1ncccc1NC1CCCSC1. The van der Waals surface area contributed by atoms with E-state index in [1.165, 1.54) is 24.3 Å². The molecule has 1 atom stereocenters. The Morgan fingerprint density at radius 1 is 1.57 bits per heavy atom. The molecule has 1 N–H and O–H groups in total. The second-order valence-electron chi connectivity index (χ2n) is 3.40. The maximum absolute atomic E-state index is 4.19. The van der Waals surface area contributed by atoms with Crippen molar-refractivity contribution in [3.63, 3.8) is 0 Å². The minimum atomic E-state index is 0.606. The van der Waals surface area contributed by atoms with E-state index in [1.54, 1.807) is 6.20 Å². The van der Waals surface area contributed by atoms with Crippen molar-refractivity contribution in [2.75, 3.05) is 16.8 Å². The minimum Gasteiger partial charge on any atom is -0.379 e. The lowest BCUT2D eigenvalue weighted by molar-refractivity contribution is 0.684. The highest BCUT2D eigenvalue weighted by Gasteiger charge is 2.14. The third-order valence-electron chi connectivity index (χ3n) is 2.28. The Morgan fingerprint density at radius 3 is 3.21 bits per heavy atom. The fourth-order valence-corrected chi connectivity index (χ4v) is 3.00. The molecule has 0 saturated carbocycles. The summed E-state index contributed by atoms with van der Waals surface area (Å²) in [6, 6.07) is 4.63. The van der Waals surface area contributed by atoms with Crippen LogP contribution >= 0.6 is 27.7 Å². The standard InChI is InChI=1S/C10H13BrN2S/c11-10-9(4-1-5-12-10)13-8-3-2-6-14-7-8/h1,4-5,8,13H,2-3,6-7H2. The van der Waals surface area contributed by atoms with Gasteiger partial charge in [0.1, 0.15) is 4.60 Å². The molecule has 0 aromatic carbocycles. The zero-order chi connectivity index (χ0) is 9.80. The molecule has 0 aliphatic carbocycles. The van der Waals surface area contributed by atoms with Gasteiger partial charge in [-0.2, -0.15) is 11.8 Å². The number of nitrogens with zero attached hydrogens (tertiary/aromatic N) is 1. The average molecular weight is 273 g/mol. The number of rotatable bonds is 2. The van der Waals surface area contributed by atoms with Gasteiger partial charge in [-0.1, -0.05) is 0 Å². The van der Waals surface area contributed by atoms with Crippen LogP contribution in [0.3, 0.4) is 0 Å². The van der Waals surface area contributed by atoms with Crippen molar-refractivity contribution in [1.82, 2.24) is 4.98 Å². The second kappa shape index (κ2) is 5.03. The first-order valence-electron chi connectivity index (χ1n) is 4.81. The van der Waals surface area contributed by atoms with E-state index in [4.69, 9.17) is 0 Å². The van der Waals surface area contributed by atoms with E-state index in [0.717, 1.165) is 10.3 Å². The van der Waals surface area contributed by atoms with Crippen LogP contribution in [0.15, 0.2) is 22.9 Å². The molecule has 4 heteroatoms. The highest BCUT2D eigenvalue weighted by Crippen LogP contribution is 2.24. The molecular weight excluding hydrogens is 260 g/mol. The molecule has 0 amide bonds.